The number of carbonyl (C=O) groups is 1. The third kappa shape index (κ3) is 3.43. The quantitative estimate of drug-likeness (QED) is 0.736. The molecule has 2 aromatic heterocycles. The van der Waals surface area contributed by atoms with Crippen molar-refractivity contribution in [1.82, 2.24) is 10.3 Å². The lowest BCUT2D eigenvalue weighted by Crippen LogP contribution is -2.28. The van der Waals surface area contributed by atoms with Crippen LogP contribution in [-0.4, -0.2) is 10.9 Å². The Labute approximate surface area is 141 Å². The second-order valence-electron chi connectivity index (χ2n) is 4.72. The Kier molecular flexibility index (Phi) is 4.65. The van der Waals surface area contributed by atoms with Crippen LogP contribution in [-0.2, 0) is 0 Å². The number of amides is 1. The summed E-state index contributed by atoms with van der Waals surface area (Å²) < 4.78 is 0.785. The van der Waals surface area contributed by atoms with E-state index in [2.05, 4.69) is 26.2 Å². The summed E-state index contributed by atoms with van der Waals surface area (Å²) in [6, 6.07) is 15.6. The molecule has 0 bridgehead atoms. The Morgan fingerprint density at radius 3 is 2.64 bits per heavy atom. The highest BCUT2D eigenvalue weighted by atomic mass is 79.9. The molecule has 0 spiro atoms. The fraction of sp³-hybridized carbons (Fsp3) is 0.0588. The molecule has 3 nitrogen and oxygen atoms in total. The SMILES string of the molecule is O=C(NC(c1ccccc1)c1cccs1)c1cncc(Br)c1. The molecule has 0 saturated heterocycles. The first kappa shape index (κ1) is 14.9. The van der Waals surface area contributed by atoms with E-state index < -0.39 is 0 Å². The first-order chi connectivity index (χ1) is 10.7. The van der Waals surface area contributed by atoms with Crippen LogP contribution in [0.5, 0.6) is 0 Å². The maximum Gasteiger partial charge on any atom is 0.253 e. The van der Waals surface area contributed by atoms with Gasteiger partial charge in [-0.25, -0.2) is 0 Å². The maximum atomic E-state index is 12.5. The summed E-state index contributed by atoms with van der Waals surface area (Å²) in [6.45, 7) is 0. The van der Waals surface area contributed by atoms with Gasteiger partial charge in [-0.3, -0.25) is 9.78 Å². The minimum absolute atomic E-state index is 0.143. The molecule has 1 amide bonds. The third-order valence-corrected chi connectivity index (χ3v) is 4.57. The van der Waals surface area contributed by atoms with Gasteiger partial charge < -0.3 is 5.32 Å². The van der Waals surface area contributed by atoms with Crippen LogP contribution in [0.2, 0.25) is 0 Å². The zero-order chi connectivity index (χ0) is 15.4. The molecule has 5 heteroatoms. The molecule has 0 saturated carbocycles. The summed E-state index contributed by atoms with van der Waals surface area (Å²) >= 11 is 4.97. The van der Waals surface area contributed by atoms with Gasteiger partial charge in [-0.05, 0) is 39.0 Å². The van der Waals surface area contributed by atoms with Crippen LogP contribution in [0.4, 0.5) is 0 Å². The summed E-state index contributed by atoms with van der Waals surface area (Å²) in [5, 5.41) is 5.10. The van der Waals surface area contributed by atoms with E-state index in [1.165, 1.54) is 0 Å². The van der Waals surface area contributed by atoms with Gasteiger partial charge in [-0.15, -0.1) is 11.3 Å². The summed E-state index contributed by atoms with van der Waals surface area (Å²) in [5.41, 5.74) is 1.59. The molecule has 110 valence electrons. The predicted octanol–water partition coefficient (Wildman–Crippen LogP) is 4.43. The van der Waals surface area contributed by atoms with Crippen LogP contribution in [0, 0.1) is 0 Å². The first-order valence-corrected chi connectivity index (χ1v) is 8.41. The molecule has 22 heavy (non-hydrogen) atoms. The van der Waals surface area contributed by atoms with Crippen LogP contribution in [0.1, 0.15) is 26.8 Å². The molecule has 3 aromatic rings. The lowest BCUT2D eigenvalue weighted by Gasteiger charge is -2.18. The van der Waals surface area contributed by atoms with Crippen LogP contribution >= 0.6 is 27.3 Å². The third-order valence-electron chi connectivity index (χ3n) is 3.20. The van der Waals surface area contributed by atoms with Gasteiger partial charge in [0, 0.05) is 21.7 Å². The monoisotopic (exact) mass is 372 g/mol. The minimum atomic E-state index is -0.160. The lowest BCUT2D eigenvalue weighted by molar-refractivity contribution is 0.0943. The van der Waals surface area contributed by atoms with E-state index in [0.717, 1.165) is 14.9 Å². The summed E-state index contributed by atoms with van der Waals surface area (Å²) in [4.78, 5) is 17.7. The largest absolute Gasteiger partial charge is 0.340 e. The average molecular weight is 373 g/mol. The normalized spacial score (nSPS) is 11.9. The van der Waals surface area contributed by atoms with Crippen molar-refractivity contribution >= 4 is 33.2 Å². The summed E-state index contributed by atoms with van der Waals surface area (Å²) in [7, 11) is 0. The molecule has 1 unspecified atom stereocenters. The van der Waals surface area contributed by atoms with Crippen molar-refractivity contribution < 1.29 is 4.79 Å². The van der Waals surface area contributed by atoms with Gasteiger partial charge in [0.1, 0.15) is 0 Å². The fourth-order valence-corrected chi connectivity index (χ4v) is 3.34. The van der Waals surface area contributed by atoms with Crippen molar-refractivity contribution in [3.63, 3.8) is 0 Å². The van der Waals surface area contributed by atoms with Gasteiger partial charge in [-0.2, -0.15) is 0 Å². The Morgan fingerprint density at radius 2 is 1.95 bits per heavy atom. The van der Waals surface area contributed by atoms with Gasteiger partial charge in [0.15, 0.2) is 0 Å². The fourth-order valence-electron chi connectivity index (χ4n) is 2.17. The molecule has 0 aliphatic rings. The second-order valence-corrected chi connectivity index (χ2v) is 6.62. The van der Waals surface area contributed by atoms with Crippen molar-refractivity contribution in [2.75, 3.05) is 0 Å². The number of pyridine rings is 1. The Balaban J connectivity index is 1.89. The molecule has 0 radical (unpaired) electrons. The van der Waals surface area contributed by atoms with Crippen LogP contribution in [0.25, 0.3) is 0 Å². The van der Waals surface area contributed by atoms with E-state index in [0.29, 0.717) is 5.56 Å². The Bertz CT molecular complexity index is 759. The lowest BCUT2D eigenvalue weighted by atomic mass is 10.0. The van der Waals surface area contributed by atoms with Crippen LogP contribution in [0.15, 0.2) is 70.8 Å². The van der Waals surface area contributed by atoms with E-state index >= 15 is 0 Å². The van der Waals surface area contributed by atoms with E-state index in [4.69, 9.17) is 0 Å². The van der Waals surface area contributed by atoms with Gasteiger partial charge >= 0.3 is 0 Å². The molecule has 1 atom stereocenters. The maximum absolute atomic E-state index is 12.5. The molecule has 1 aromatic carbocycles. The van der Waals surface area contributed by atoms with Crippen LogP contribution in [0.3, 0.4) is 0 Å². The van der Waals surface area contributed by atoms with Crippen LogP contribution < -0.4 is 5.32 Å². The highest BCUT2D eigenvalue weighted by Crippen LogP contribution is 2.26. The minimum Gasteiger partial charge on any atom is -0.340 e. The number of halogens is 1. The number of rotatable bonds is 4. The second kappa shape index (κ2) is 6.85. The Hall–Kier alpha value is -1.98. The average Bonchev–Trinajstić information content (AvgIpc) is 3.07. The number of hydrogen-bond acceptors (Lipinski definition) is 3. The van der Waals surface area contributed by atoms with Crippen molar-refractivity contribution in [3.05, 3.63) is 86.8 Å². The molecule has 0 aliphatic carbocycles. The first-order valence-electron chi connectivity index (χ1n) is 6.74. The van der Waals surface area contributed by atoms with Crippen molar-refractivity contribution in [1.29, 1.82) is 0 Å². The summed E-state index contributed by atoms with van der Waals surface area (Å²) in [5.74, 6) is -0.143. The molecular weight excluding hydrogens is 360 g/mol. The number of thiophene rings is 1. The van der Waals surface area contributed by atoms with Gasteiger partial charge in [0.25, 0.3) is 5.91 Å². The van der Waals surface area contributed by atoms with E-state index in [1.54, 1.807) is 29.8 Å². The Morgan fingerprint density at radius 1 is 1.14 bits per heavy atom. The van der Waals surface area contributed by atoms with E-state index in [9.17, 15) is 4.79 Å². The zero-order valence-electron chi connectivity index (χ0n) is 11.6. The smallest absolute Gasteiger partial charge is 0.253 e. The van der Waals surface area contributed by atoms with Crippen molar-refractivity contribution in [2.45, 2.75) is 6.04 Å². The van der Waals surface area contributed by atoms with Gasteiger partial charge in [0.2, 0.25) is 0 Å². The van der Waals surface area contributed by atoms with Crippen molar-refractivity contribution in [3.8, 4) is 0 Å². The number of nitrogens with one attached hydrogen (secondary N) is 1. The standard InChI is InChI=1S/C17H13BrN2OS/c18-14-9-13(10-19-11-14)17(21)20-16(15-7-4-8-22-15)12-5-2-1-3-6-12/h1-11,16H,(H,20,21). The number of carbonyl (C=O) groups excluding carboxylic acids is 1. The summed E-state index contributed by atoms with van der Waals surface area (Å²) in [6.07, 6.45) is 3.22. The highest BCUT2D eigenvalue weighted by Gasteiger charge is 2.18. The molecule has 2 heterocycles. The topological polar surface area (TPSA) is 42.0 Å². The van der Waals surface area contributed by atoms with Gasteiger partial charge in [-0.1, -0.05) is 36.4 Å². The van der Waals surface area contributed by atoms with Gasteiger partial charge in [0.05, 0.1) is 11.6 Å². The van der Waals surface area contributed by atoms with Crippen molar-refractivity contribution in [2.24, 2.45) is 0 Å². The molecule has 0 fully saturated rings. The molecule has 1 N–H and O–H groups in total. The highest BCUT2D eigenvalue weighted by molar-refractivity contribution is 9.10. The van der Waals surface area contributed by atoms with E-state index in [1.807, 2.05) is 47.8 Å². The molecular formula is C17H13BrN2OS. The molecule has 3 rings (SSSR count). The molecule has 0 aliphatic heterocycles. The number of aromatic nitrogens is 1. The van der Waals surface area contributed by atoms with E-state index in [-0.39, 0.29) is 11.9 Å². The number of nitrogens with zero attached hydrogens (tertiary/aromatic N) is 1. The zero-order valence-corrected chi connectivity index (χ0v) is 14.0. The predicted molar refractivity (Wildman–Crippen MR) is 92.0 cm³/mol. The number of benzene rings is 1. The number of hydrogen-bond donors (Lipinski definition) is 1.